The maximum atomic E-state index is 13.6. The van der Waals surface area contributed by atoms with Gasteiger partial charge in [-0.1, -0.05) is 12.0 Å². The molecule has 1 saturated heterocycles. The van der Waals surface area contributed by atoms with E-state index in [1.807, 2.05) is 29.4 Å². The lowest BCUT2D eigenvalue weighted by Crippen LogP contribution is -2.61. The number of aromatic nitrogens is 2. The van der Waals surface area contributed by atoms with Crippen molar-refractivity contribution in [1.29, 1.82) is 0 Å². The highest BCUT2D eigenvalue weighted by Gasteiger charge is 2.50. The molecule has 0 radical (unpaired) electrons. The number of thioether (sulfide) groups is 1. The number of fused-ring (bicyclic) bond motifs is 1. The summed E-state index contributed by atoms with van der Waals surface area (Å²) in [5.41, 5.74) is 0.0859. The Morgan fingerprint density at radius 3 is 2.70 bits per heavy atom. The first kappa shape index (κ1) is 26.6. The molecule has 0 spiro atoms. The molecule has 1 unspecified atom stereocenters. The zero-order chi connectivity index (χ0) is 26.7. The molecule has 198 valence electrons. The van der Waals surface area contributed by atoms with Crippen molar-refractivity contribution >= 4 is 40.9 Å². The lowest BCUT2D eigenvalue weighted by Gasteiger charge is -2.40. The molecule has 37 heavy (non-hydrogen) atoms. The van der Waals surface area contributed by atoms with Gasteiger partial charge in [0.05, 0.1) is 6.54 Å². The summed E-state index contributed by atoms with van der Waals surface area (Å²) in [6.07, 6.45) is -4.37. The zero-order valence-electron chi connectivity index (χ0n) is 20.4. The van der Waals surface area contributed by atoms with Crippen LogP contribution in [0.15, 0.2) is 34.0 Å². The van der Waals surface area contributed by atoms with Crippen molar-refractivity contribution in [3.8, 4) is 11.8 Å². The molecule has 2 aromatic rings. The molecule has 0 bridgehead atoms. The van der Waals surface area contributed by atoms with Crippen molar-refractivity contribution in [2.75, 3.05) is 54.3 Å². The second-order valence-electron chi connectivity index (χ2n) is 8.22. The number of benzene rings is 1. The SMILES string of the molecule is CC#CCN1c2c(nc(Nc3cccc(SC)c3)n(C)c2=O)N(OC(=O)C(F)(F)F)C1N1CCNCC1. The van der Waals surface area contributed by atoms with Crippen LogP contribution in [-0.2, 0) is 16.7 Å². The minimum atomic E-state index is -5.25. The van der Waals surface area contributed by atoms with Crippen LogP contribution >= 0.6 is 11.8 Å². The van der Waals surface area contributed by atoms with E-state index in [4.69, 9.17) is 4.84 Å². The zero-order valence-corrected chi connectivity index (χ0v) is 21.2. The van der Waals surface area contributed by atoms with Crippen molar-refractivity contribution in [3.63, 3.8) is 0 Å². The van der Waals surface area contributed by atoms with Crippen molar-refractivity contribution in [2.24, 2.45) is 7.05 Å². The summed E-state index contributed by atoms with van der Waals surface area (Å²) in [7, 11) is 1.50. The molecule has 3 heterocycles. The van der Waals surface area contributed by atoms with Crippen molar-refractivity contribution in [2.45, 2.75) is 24.3 Å². The topological polar surface area (TPSA) is 95.0 Å². The Hall–Kier alpha value is -3.41. The minimum absolute atomic E-state index is 0.00725. The maximum absolute atomic E-state index is 13.6. The summed E-state index contributed by atoms with van der Waals surface area (Å²) >= 11 is 1.52. The Kier molecular flexibility index (Phi) is 7.86. The van der Waals surface area contributed by atoms with E-state index in [1.165, 1.54) is 28.3 Å². The summed E-state index contributed by atoms with van der Waals surface area (Å²) < 4.78 is 41.1. The van der Waals surface area contributed by atoms with Gasteiger partial charge >= 0.3 is 12.1 Å². The monoisotopic (exact) mass is 537 g/mol. The molecule has 2 aliphatic heterocycles. The van der Waals surface area contributed by atoms with Gasteiger partial charge in [0, 0.05) is 43.8 Å². The first-order valence-corrected chi connectivity index (χ1v) is 12.6. The fourth-order valence-corrected chi connectivity index (χ4v) is 4.55. The molecule has 1 aromatic carbocycles. The number of rotatable bonds is 6. The Balaban J connectivity index is 1.85. The van der Waals surface area contributed by atoms with E-state index in [0.717, 1.165) is 9.96 Å². The van der Waals surface area contributed by atoms with Crippen LogP contribution in [0.25, 0.3) is 0 Å². The van der Waals surface area contributed by atoms with Gasteiger partial charge in [-0.25, -0.2) is 4.79 Å². The number of carbonyl (C=O) groups excluding carboxylic acids is 1. The number of carbonyl (C=O) groups is 1. The number of alkyl halides is 3. The molecule has 2 N–H and O–H groups in total. The molecular formula is C23H26F3N7O3S. The largest absolute Gasteiger partial charge is 0.493 e. The Labute approximate surface area is 215 Å². The smallest absolute Gasteiger partial charge is 0.327 e. The predicted octanol–water partition coefficient (Wildman–Crippen LogP) is 2.10. The van der Waals surface area contributed by atoms with E-state index in [9.17, 15) is 22.8 Å². The van der Waals surface area contributed by atoms with Gasteiger partial charge in [0.1, 0.15) is 0 Å². The Morgan fingerprint density at radius 1 is 1.32 bits per heavy atom. The highest BCUT2D eigenvalue weighted by molar-refractivity contribution is 7.98. The third kappa shape index (κ3) is 5.48. The number of hydrogen-bond donors (Lipinski definition) is 2. The van der Waals surface area contributed by atoms with Gasteiger partial charge in [0.15, 0.2) is 12.0 Å². The molecule has 10 nitrogen and oxygen atoms in total. The predicted molar refractivity (Wildman–Crippen MR) is 135 cm³/mol. The van der Waals surface area contributed by atoms with Crippen LogP contribution in [0.5, 0.6) is 0 Å². The van der Waals surface area contributed by atoms with Gasteiger partial charge in [-0.2, -0.15) is 18.2 Å². The Bertz CT molecular complexity index is 1290. The molecule has 1 atom stereocenters. The number of hydroxylamine groups is 1. The quantitative estimate of drug-likeness (QED) is 0.422. The van der Waals surface area contributed by atoms with Gasteiger partial charge < -0.3 is 20.4 Å². The van der Waals surface area contributed by atoms with E-state index in [1.54, 1.807) is 13.0 Å². The van der Waals surface area contributed by atoms with E-state index in [-0.39, 0.29) is 24.0 Å². The normalized spacial score (nSPS) is 17.7. The summed E-state index contributed by atoms with van der Waals surface area (Å²) in [6.45, 7) is 3.61. The van der Waals surface area contributed by atoms with Crippen LogP contribution in [-0.4, -0.2) is 71.9 Å². The standard InChI is InChI=1S/C23H26F3N7O3S/c1-4-5-11-32-17-18(29-21(30(2)19(17)34)28-15-7-6-8-16(14-15)37-3)33(36-20(35)23(24,25)26)22(32)31-12-9-27-10-13-31/h6-8,14,22,27H,9-13H2,1-3H3,(H,28,29). The van der Waals surface area contributed by atoms with E-state index >= 15 is 0 Å². The average Bonchev–Trinajstić information content (AvgIpc) is 3.18. The summed E-state index contributed by atoms with van der Waals surface area (Å²) in [4.78, 5) is 39.2. The number of nitrogens with one attached hydrogen (secondary N) is 2. The van der Waals surface area contributed by atoms with Crippen LogP contribution in [0.4, 0.5) is 36.3 Å². The lowest BCUT2D eigenvalue weighted by molar-refractivity contribution is -0.203. The second kappa shape index (κ2) is 10.9. The van der Waals surface area contributed by atoms with Crippen LogP contribution in [0.2, 0.25) is 0 Å². The van der Waals surface area contributed by atoms with E-state index in [2.05, 4.69) is 27.5 Å². The van der Waals surface area contributed by atoms with Crippen molar-refractivity contribution < 1.29 is 22.8 Å². The molecule has 0 saturated carbocycles. The maximum Gasteiger partial charge on any atom is 0.493 e. The number of halogens is 3. The minimum Gasteiger partial charge on any atom is -0.327 e. The number of piperazine rings is 1. The molecule has 0 aliphatic carbocycles. The number of anilines is 4. The molecule has 0 amide bonds. The highest BCUT2D eigenvalue weighted by Crippen LogP contribution is 2.39. The molecule has 14 heteroatoms. The third-order valence-corrected chi connectivity index (χ3v) is 6.60. The highest BCUT2D eigenvalue weighted by atomic mass is 32.2. The van der Waals surface area contributed by atoms with Crippen LogP contribution in [0, 0.1) is 11.8 Å². The van der Waals surface area contributed by atoms with Gasteiger partial charge in [-0.15, -0.1) is 22.7 Å². The first-order chi connectivity index (χ1) is 17.7. The van der Waals surface area contributed by atoms with Gasteiger partial charge in [0.2, 0.25) is 11.8 Å². The van der Waals surface area contributed by atoms with Gasteiger partial charge in [0.25, 0.3) is 5.56 Å². The molecule has 1 fully saturated rings. The third-order valence-electron chi connectivity index (χ3n) is 5.88. The number of nitrogens with zero attached hydrogens (tertiary/aromatic N) is 5. The summed E-state index contributed by atoms with van der Waals surface area (Å²) in [5, 5.41) is 7.01. The van der Waals surface area contributed by atoms with E-state index in [0.29, 0.717) is 31.9 Å². The van der Waals surface area contributed by atoms with Crippen LogP contribution in [0.3, 0.4) is 0 Å². The molecule has 4 rings (SSSR count). The molecular weight excluding hydrogens is 511 g/mol. The average molecular weight is 538 g/mol. The molecule has 1 aromatic heterocycles. The van der Waals surface area contributed by atoms with Crippen LogP contribution < -0.4 is 26.2 Å². The van der Waals surface area contributed by atoms with Gasteiger partial charge in [-0.3, -0.25) is 14.3 Å². The summed E-state index contributed by atoms with van der Waals surface area (Å²) in [5.74, 6) is 3.07. The van der Waals surface area contributed by atoms with Crippen molar-refractivity contribution in [1.82, 2.24) is 19.8 Å². The van der Waals surface area contributed by atoms with Gasteiger partial charge in [-0.05, 0) is 31.4 Å². The molecule has 2 aliphatic rings. The lowest BCUT2D eigenvalue weighted by atomic mass is 10.3. The van der Waals surface area contributed by atoms with Crippen LogP contribution in [0.1, 0.15) is 6.92 Å². The fourth-order valence-electron chi connectivity index (χ4n) is 4.09. The van der Waals surface area contributed by atoms with Crippen molar-refractivity contribution in [3.05, 3.63) is 34.6 Å². The summed E-state index contributed by atoms with van der Waals surface area (Å²) in [6, 6.07) is 7.35. The second-order valence-corrected chi connectivity index (χ2v) is 9.10. The number of hydrogen-bond acceptors (Lipinski definition) is 10. The first-order valence-electron chi connectivity index (χ1n) is 11.4. The Morgan fingerprint density at radius 2 is 2.05 bits per heavy atom. The fraction of sp³-hybridized carbons (Fsp3) is 0.435. The van der Waals surface area contributed by atoms with E-state index < -0.39 is 24.0 Å².